The van der Waals surface area contributed by atoms with E-state index in [1.54, 1.807) is 13.0 Å². The molecule has 0 amide bonds. The van der Waals surface area contributed by atoms with Crippen LogP contribution in [0.15, 0.2) is 6.07 Å². The van der Waals surface area contributed by atoms with E-state index in [1.807, 2.05) is 0 Å². The molecule has 0 radical (unpaired) electrons. The van der Waals surface area contributed by atoms with Crippen LogP contribution in [0, 0.1) is 17.3 Å². The van der Waals surface area contributed by atoms with Crippen LogP contribution in [0.4, 0.5) is 13.2 Å². The molecule has 0 aliphatic carbocycles. The predicted molar refractivity (Wildman–Crippen MR) is 54.2 cm³/mol. The Balaban J connectivity index is 3.12. The summed E-state index contributed by atoms with van der Waals surface area (Å²) in [5.41, 5.74) is -1.51. The van der Waals surface area contributed by atoms with Crippen molar-refractivity contribution in [3.63, 3.8) is 0 Å². The minimum Gasteiger partial charge on any atom is -0.466 e. The van der Waals surface area contributed by atoms with E-state index in [2.05, 4.69) is 9.72 Å². The van der Waals surface area contributed by atoms with E-state index in [4.69, 9.17) is 5.26 Å². The number of hydrogen-bond donors (Lipinski definition) is 0. The molecule has 0 spiro atoms. The van der Waals surface area contributed by atoms with Crippen LogP contribution in [0.5, 0.6) is 0 Å². The molecule has 0 bridgehead atoms. The van der Waals surface area contributed by atoms with Gasteiger partial charge in [0.2, 0.25) is 5.95 Å². The van der Waals surface area contributed by atoms with E-state index in [9.17, 15) is 18.0 Å². The maximum absolute atomic E-state index is 13.5. The standard InChI is InChI=1S/C11H9F3N2O2/c1-2-18-9(17)4-7-6(5-15)3-8(10(12)13)16-11(7)14/h3,10H,2,4H2,1H3. The highest BCUT2D eigenvalue weighted by atomic mass is 19.3. The van der Waals surface area contributed by atoms with Gasteiger partial charge in [0.15, 0.2) is 0 Å². The maximum Gasteiger partial charge on any atom is 0.310 e. The van der Waals surface area contributed by atoms with Crippen LogP contribution in [0.25, 0.3) is 0 Å². The molecule has 96 valence electrons. The van der Waals surface area contributed by atoms with Gasteiger partial charge in [-0.1, -0.05) is 0 Å². The topological polar surface area (TPSA) is 63.0 Å². The molecule has 0 saturated carbocycles. The molecule has 0 N–H and O–H groups in total. The number of hydrogen-bond acceptors (Lipinski definition) is 4. The van der Waals surface area contributed by atoms with E-state index in [-0.39, 0.29) is 17.7 Å². The van der Waals surface area contributed by atoms with Gasteiger partial charge in [-0.05, 0) is 13.0 Å². The summed E-state index contributed by atoms with van der Waals surface area (Å²) in [7, 11) is 0. The van der Waals surface area contributed by atoms with E-state index in [0.717, 1.165) is 6.07 Å². The molecule has 0 aliphatic rings. The summed E-state index contributed by atoms with van der Waals surface area (Å²) in [4.78, 5) is 14.2. The van der Waals surface area contributed by atoms with Crippen LogP contribution in [0.1, 0.15) is 30.2 Å². The van der Waals surface area contributed by atoms with E-state index in [0.29, 0.717) is 0 Å². The fourth-order valence-electron chi connectivity index (χ4n) is 1.30. The maximum atomic E-state index is 13.5. The van der Waals surface area contributed by atoms with Crippen molar-refractivity contribution < 1.29 is 22.7 Å². The number of rotatable bonds is 4. The van der Waals surface area contributed by atoms with E-state index < -0.39 is 30.5 Å². The van der Waals surface area contributed by atoms with Crippen LogP contribution in [-0.4, -0.2) is 17.6 Å². The Morgan fingerprint density at radius 1 is 1.61 bits per heavy atom. The van der Waals surface area contributed by atoms with E-state index >= 15 is 0 Å². The lowest BCUT2D eigenvalue weighted by Gasteiger charge is -2.07. The van der Waals surface area contributed by atoms with Crippen molar-refractivity contribution in [2.75, 3.05) is 6.61 Å². The average Bonchev–Trinajstić information content (AvgIpc) is 2.31. The molecule has 4 nitrogen and oxygen atoms in total. The van der Waals surface area contributed by atoms with Crippen molar-refractivity contribution in [1.29, 1.82) is 5.26 Å². The van der Waals surface area contributed by atoms with Gasteiger partial charge in [-0.3, -0.25) is 4.79 Å². The number of esters is 1. The highest BCUT2D eigenvalue weighted by Crippen LogP contribution is 2.21. The molecule has 1 rings (SSSR count). The number of halogens is 3. The molecule has 0 aliphatic heterocycles. The van der Waals surface area contributed by atoms with Crippen molar-refractivity contribution in [1.82, 2.24) is 4.98 Å². The Bertz CT molecular complexity index is 498. The summed E-state index contributed by atoms with van der Waals surface area (Å²) in [6.07, 6.45) is -3.50. The summed E-state index contributed by atoms with van der Waals surface area (Å²) in [5, 5.41) is 8.75. The van der Waals surface area contributed by atoms with Gasteiger partial charge in [0.1, 0.15) is 5.69 Å². The number of carbonyl (C=O) groups is 1. The molecule has 0 fully saturated rings. The van der Waals surface area contributed by atoms with Gasteiger partial charge < -0.3 is 4.74 Å². The lowest BCUT2D eigenvalue weighted by molar-refractivity contribution is -0.142. The molecule has 18 heavy (non-hydrogen) atoms. The Morgan fingerprint density at radius 2 is 2.28 bits per heavy atom. The van der Waals surface area contributed by atoms with Crippen LogP contribution in [0.2, 0.25) is 0 Å². The van der Waals surface area contributed by atoms with Crippen LogP contribution in [-0.2, 0) is 16.0 Å². The van der Waals surface area contributed by atoms with Crippen LogP contribution >= 0.6 is 0 Å². The predicted octanol–water partition coefficient (Wildman–Crippen LogP) is 2.14. The van der Waals surface area contributed by atoms with E-state index in [1.165, 1.54) is 0 Å². The zero-order valence-electron chi connectivity index (χ0n) is 9.41. The van der Waals surface area contributed by atoms with Crippen molar-refractivity contribution in [3.05, 3.63) is 28.8 Å². The minimum absolute atomic E-state index is 0.102. The number of aromatic nitrogens is 1. The first-order valence-electron chi connectivity index (χ1n) is 5.02. The summed E-state index contributed by atoms with van der Waals surface area (Å²) < 4.78 is 42.7. The Kier molecular flexibility index (Phi) is 4.66. The lowest BCUT2D eigenvalue weighted by Crippen LogP contribution is -2.12. The highest BCUT2D eigenvalue weighted by Gasteiger charge is 2.20. The Morgan fingerprint density at radius 3 is 2.78 bits per heavy atom. The second-order valence-electron chi connectivity index (χ2n) is 3.26. The molecular weight excluding hydrogens is 249 g/mol. The quantitative estimate of drug-likeness (QED) is 0.613. The molecule has 0 aromatic carbocycles. The second-order valence-corrected chi connectivity index (χ2v) is 3.26. The van der Waals surface area contributed by atoms with Crippen molar-refractivity contribution in [3.8, 4) is 6.07 Å². The van der Waals surface area contributed by atoms with Gasteiger partial charge in [0.25, 0.3) is 6.43 Å². The number of nitriles is 1. The van der Waals surface area contributed by atoms with Gasteiger partial charge in [0.05, 0.1) is 24.7 Å². The number of ether oxygens (including phenoxy) is 1. The zero-order chi connectivity index (χ0) is 13.7. The van der Waals surface area contributed by atoms with Crippen LogP contribution < -0.4 is 0 Å². The smallest absolute Gasteiger partial charge is 0.310 e. The molecule has 0 atom stereocenters. The van der Waals surface area contributed by atoms with Crippen molar-refractivity contribution in [2.45, 2.75) is 19.8 Å². The van der Waals surface area contributed by atoms with Gasteiger partial charge in [-0.15, -0.1) is 0 Å². The van der Waals surface area contributed by atoms with Gasteiger partial charge >= 0.3 is 5.97 Å². The Labute approximate surface area is 101 Å². The van der Waals surface area contributed by atoms with Crippen molar-refractivity contribution >= 4 is 5.97 Å². The van der Waals surface area contributed by atoms with Crippen LogP contribution in [0.3, 0.4) is 0 Å². The first kappa shape index (κ1) is 14.0. The molecular formula is C11H9F3N2O2. The summed E-state index contributed by atoms with van der Waals surface area (Å²) in [6.45, 7) is 1.67. The summed E-state index contributed by atoms with van der Waals surface area (Å²) in [5.74, 6) is -2.00. The van der Waals surface area contributed by atoms with Gasteiger partial charge in [-0.2, -0.15) is 9.65 Å². The number of pyridine rings is 1. The number of alkyl halides is 2. The summed E-state index contributed by atoms with van der Waals surface area (Å²) >= 11 is 0. The first-order chi connectivity index (χ1) is 8.49. The summed E-state index contributed by atoms with van der Waals surface area (Å²) in [6, 6.07) is 2.32. The van der Waals surface area contributed by atoms with Crippen molar-refractivity contribution in [2.24, 2.45) is 0 Å². The average molecular weight is 258 g/mol. The zero-order valence-corrected chi connectivity index (χ0v) is 9.41. The highest BCUT2D eigenvalue weighted by molar-refractivity contribution is 5.73. The fourth-order valence-corrected chi connectivity index (χ4v) is 1.30. The molecule has 1 aromatic rings. The third-order valence-electron chi connectivity index (χ3n) is 2.06. The van der Waals surface area contributed by atoms with Gasteiger partial charge in [-0.25, -0.2) is 13.8 Å². The largest absolute Gasteiger partial charge is 0.466 e. The Hall–Kier alpha value is -2.10. The SMILES string of the molecule is CCOC(=O)Cc1c(C#N)cc(C(F)F)nc1F. The molecule has 0 saturated heterocycles. The minimum atomic E-state index is -2.98. The molecule has 1 aromatic heterocycles. The number of carbonyl (C=O) groups excluding carboxylic acids is 1. The third kappa shape index (κ3) is 3.20. The molecule has 7 heteroatoms. The lowest BCUT2D eigenvalue weighted by atomic mass is 10.1. The number of nitrogens with zero attached hydrogens (tertiary/aromatic N) is 2. The van der Waals surface area contributed by atoms with Gasteiger partial charge in [0, 0.05) is 5.56 Å². The molecule has 0 unspecified atom stereocenters. The third-order valence-corrected chi connectivity index (χ3v) is 2.06. The first-order valence-corrected chi connectivity index (χ1v) is 5.02. The fraction of sp³-hybridized carbons (Fsp3) is 0.364. The molecule has 1 heterocycles. The monoisotopic (exact) mass is 258 g/mol. The normalized spacial score (nSPS) is 10.2. The second kappa shape index (κ2) is 6.00.